The lowest BCUT2D eigenvalue weighted by Gasteiger charge is -2.69. The van der Waals surface area contributed by atoms with E-state index in [0.29, 0.717) is 25.2 Å². The van der Waals surface area contributed by atoms with Crippen molar-refractivity contribution < 1.29 is 19.1 Å². The largest absolute Gasteiger partial charge is 0.376 e. The second-order valence-corrected chi connectivity index (χ2v) is 10.5. The van der Waals surface area contributed by atoms with Gasteiger partial charge in [0.1, 0.15) is 6.61 Å². The van der Waals surface area contributed by atoms with Gasteiger partial charge in [-0.3, -0.25) is 9.59 Å². The minimum atomic E-state index is -0.256. The van der Waals surface area contributed by atoms with Gasteiger partial charge in [-0.15, -0.1) is 0 Å². The molecule has 30 heavy (non-hydrogen) atoms. The van der Waals surface area contributed by atoms with E-state index < -0.39 is 0 Å². The van der Waals surface area contributed by atoms with Crippen LogP contribution in [0, 0.1) is 11.3 Å². The van der Waals surface area contributed by atoms with Crippen LogP contribution in [0.1, 0.15) is 90.4 Å². The fourth-order valence-corrected chi connectivity index (χ4v) is 6.19. The van der Waals surface area contributed by atoms with Crippen LogP contribution >= 0.6 is 0 Å². The van der Waals surface area contributed by atoms with Crippen LogP contribution < -0.4 is 10.6 Å². The summed E-state index contributed by atoms with van der Waals surface area (Å²) < 4.78 is 11.8. The molecule has 2 N–H and O–H groups in total. The van der Waals surface area contributed by atoms with E-state index >= 15 is 0 Å². The van der Waals surface area contributed by atoms with Crippen molar-refractivity contribution in [2.45, 2.75) is 108 Å². The first-order chi connectivity index (χ1) is 14.5. The van der Waals surface area contributed by atoms with Crippen molar-refractivity contribution in [3.63, 3.8) is 0 Å². The zero-order valence-electron chi connectivity index (χ0n) is 18.7. The van der Waals surface area contributed by atoms with Gasteiger partial charge in [-0.05, 0) is 50.9 Å². The molecule has 2 bridgehead atoms. The van der Waals surface area contributed by atoms with E-state index in [4.69, 9.17) is 9.47 Å². The molecule has 0 radical (unpaired) electrons. The first-order valence-corrected chi connectivity index (χ1v) is 12.3. The Hall–Kier alpha value is -1.14. The molecular weight excluding hydrogens is 380 g/mol. The molecule has 5 fully saturated rings. The summed E-state index contributed by atoms with van der Waals surface area (Å²) in [5.41, 5.74) is -0.414. The topological polar surface area (TPSA) is 76.7 Å². The Labute approximate surface area is 181 Å². The predicted octanol–water partition coefficient (Wildman–Crippen LogP) is 3.48. The van der Waals surface area contributed by atoms with E-state index in [1.807, 2.05) is 0 Å². The summed E-state index contributed by atoms with van der Waals surface area (Å²) in [5.74, 6) is 0.735. The van der Waals surface area contributed by atoms with Gasteiger partial charge in [0.2, 0.25) is 11.8 Å². The third-order valence-electron chi connectivity index (χ3n) is 7.92. The van der Waals surface area contributed by atoms with Crippen LogP contribution in [0.15, 0.2) is 0 Å². The van der Waals surface area contributed by atoms with Crippen molar-refractivity contribution in [3.8, 4) is 0 Å². The standard InChI is InChI=1S/C24H40N2O4/c1-18-8-6-7-11-20(18)29-13-12-25-22(28)23-15-24(16-23,17-23)26-21(27)14-30-19-9-4-2-3-5-10-19/h18-20H,2-17H2,1H3,(H,25,28)(H,26,27). The monoisotopic (exact) mass is 420 g/mol. The maximum Gasteiger partial charge on any atom is 0.246 e. The maximum absolute atomic E-state index is 12.6. The van der Waals surface area contributed by atoms with Crippen LogP contribution in [0.4, 0.5) is 0 Å². The Kier molecular flexibility index (Phi) is 7.03. The van der Waals surface area contributed by atoms with Crippen molar-refractivity contribution in [1.29, 1.82) is 0 Å². The van der Waals surface area contributed by atoms with Gasteiger partial charge in [0, 0.05) is 12.1 Å². The first-order valence-electron chi connectivity index (χ1n) is 12.3. The third-order valence-corrected chi connectivity index (χ3v) is 7.92. The molecule has 2 amide bonds. The fourth-order valence-electron chi connectivity index (χ4n) is 6.19. The van der Waals surface area contributed by atoms with Gasteiger partial charge in [0.05, 0.1) is 24.2 Å². The highest BCUT2D eigenvalue weighted by atomic mass is 16.5. The van der Waals surface area contributed by atoms with Crippen molar-refractivity contribution in [2.75, 3.05) is 19.8 Å². The van der Waals surface area contributed by atoms with Crippen molar-refractivity contribution in [3.05, 3.63) is 0 Å². The number of carbonyl (C=O) groups is 2. The SMILES string of the molecule is CC1CCCCC1OCCNC(=O)C12CC(NC(=O)COC3CCCCCC3)(C1)C2. The number of rotatable bonds is 9. The zero-order chi connectivity index (χ0) is 21.0. The molecule has 0 saturated heterocycles. The summed E-state index contributed by atoms with van der Waals surface area (Å²) in [6, 6.07) is 0. The molecule has 5 rings (SSSR count). The van der Waals surface area contributed by atoms with Crippen LogP contribution in [0.5, 0.6) is 0 Å². The Morgan fingerprint density at radius 1 is 0.900 bits per heavy atom. The molecule has 6 heteroatoms. The number of hydrogen-bond donors (Lipinski definition) is 2. The second kappa shape index (κ2) is 9.56. The van der Waals surface area contributed by atoms with Crippen molar-refractivity contribution >= 4 is 11.8 Å². The molecule has 0 aromatic heterocycles. The molecule has 0 aromatic carbocycles. The molecule has 2 unspecified atom stereocenters. The minimum Gasteiger partial charge on any atom is -0.376 e. The normalized spacial score (nSPS) is 36.2. The lowest BCUT2D eigenvalue weighted by molar-refractivity contribution is -0.185. The minimum absolute atomic E-state index is 0.0250. The molecule has 5 aliphatic rings. The van der Waals surface area contributed by atoms with E-state index in [1.54, 1.807) is 0 Å². The first kappa shape index (κ1) is 22.1. The zero-order valence-corrected chi connectivity index (χ0v) is 18.7. The Balaban J connectivity index is 1.09. The van der Waals surface area contributed by atoms with Gasteiger partial charge in [-0.1, -0.05) is 45.4 Å². The highest BCUT2D eigenvalue weighted by Gasteiger charge is 2.72. The molecule has 0 aromatic rings. The van der Waals surface area contributed by atoms with Crippen LogP contribution in [0.25, 0.3) is 0 Å². The van der Waals surface area contributed by atoms with Gasteiger partial charge in [0.15, 0.2) is 0 Å². The van der Waals surface area contributed by atoms with Crippen LogP contribution in [0.2, 0.25) is 0 Å². The van der Waals surface area contributed by atoms with Crippen LogP contribution in [0.3, 0.4) is 0 Å². The summed E-state index contributed by atoms with van der Waals surface area (Å²) in [4.78, 5) is 24.9. The molecule has 6 nitrogen and oxygen atoms in total. The highest BCUT2D eigenvalue weighted by Crippen LogP contribution is 2.67. The summed E-state index contributed by atoms with van der Waals surface area (Å²) in [7, 11) is 0. The average molecular weight is 421 g/mol. The Morgan fingerprint density at radius 3 is 2.27 bits per heavy atom. The summed E-state index contributed by atoms with van der Waals surface area (Å²) in [5, 5.41) is 6.20. The molecule has 2 atom stereocenters. The number of carbonyl (C=O) groups excluding carboxylic acids is 2. The Bertz CT molecular complexity index is 595. The molecule has 5 saturated carbocycles. The predicted molar refractivity (Wildman–Crippen MR) is 115 cm³/mol. The quantitative estimate of drug-likeness (QED) is 0.442. The fraction of sp³-hybridized carbons (Fsp3) is 0.917. The summed E-state index contributed by atoms with van der Waals surface area (Å²) >= 11 is 0. The number of ether oxygens (including phenoxy) is 2. The average Bonchev–Trinajstić information content (AvgIpc) is 2.95. The Morgan fingerprint density at radius 2 is 1.57 bits per heavy atom. The number of hydrogen-bond acceptors (Lipinski definition) is 4. The summed E-state index contributed by atoms with van der Waals surface area (Å²) in [6.07, 6.45) is 15.0. The van der Waals surface area contributed by atoms with Crippen LogP contribution in [-0.4, -0.2) is 49.3 Å². The van der Waals surface area contributed by atoms with E-state index in [2.05, 4.69) is 17.6 Å². The van der Waals surface area contributed by atoms with Gasteiger partial charge < -0.3 is 20.1 Å². The summed E-state index contributed by atoms with van der Waals surface area (Å²) in [6.45, 7) is 3.59. The lowest BCUT2D eigenvalue weighted by atomic mass is 9.39. The van der Waals surface area contributed by atoms with Gasteiger partial charge in [0.25, 0.3) is 0 Å². The van der Waals surface area contributed by atoms with Crippen molar-refractivity contribution in [1.82, 2.24) is 10.6 Å². The number of amides is 2. The molecular formula is C24H40N2O4. The molecule has 0 spiro atoms. The molecule has 0 aliphatic heterocycles. The van der Waals surface area contributed by atoms with Gasteiger partial charge in [-0.2, -0.15) is 0 Å². The lowest BCUT2D eigenvalue weighted by Crippen LogP contribution is -2.78. The second-order valence-electron chi connectivity index (χ2n) is 10.5. The molecule has 5 aliphatic carbocycles. The van der Waals surface area contributed by atoms with E-state index in [-0.39, 0.29) is 35.5 Å². The van der Waals surface area contributed by atoms with Gasteiger partial charge >= 0.3 is 0 Å². The third kappa shape index (κ3) is 5.01. The van der Waals surface area contributed by atoms with E-state index in [9.17, 15) is 9.59 Å². The van der Waals surface area contributed by atoms with Crippen molar-refractivity contribution in [2.24, 2.45) is 11.3 Å². The van der Waals surface area contributed by atoms with E-state index in [0.717, 1.165) is 38.5 Å². The maximum atomic E-state index is 12.6. The molecule has 0 heterocycles. The van der Waals surface area contributed by atoms with Gasteiger partial charge in [-0.25, -0.2) is 0 Å². The highest BCUT2D eigenvalue weighted by molar-refractivity contribution is 5.88. The van der Waals surface area contributed by atoms with E-state index in [1.165, 1.54) is 44.9 Å². The molecule has 170 valence electrons. The smallest absolute Gasteiger partial charge is 0.246 e. The number of nitrogens with one attached hydrogen (secondary N) is 2. The van der Waals surface area contributed by atoms with Crippen LogP contribution in [-0.2, 0) is 19.1 Å².